The molecule has 0 aliphatic heterocycles. The maximum atomic E-state index is 11.7. The average Bonchev–Trinajstić information content (AvgIpc) is 2.95. The van der Waals surface area contributed by atoms with Crippen LogP contribution in [-0.4, -0.2) is 21.6 Å². The van der Waals surface area contributed by atoms with Gasteiger partial charge in [-0.1, -0.05) is 6.07 Å². The number of nitrogens with one attached hydrogen (secondary N) is 1. The molecule has 1 saturated carbocycles. The standard InChI is InChI=1S/C11H11N3O/c15-11(12-8-4-5-8)10-7-9-3-1-2-6-14(9)13-10/h1-3,6-8H,4-5H2,(H,12,15). The average molecular weight is 201 g/mol. The van der Waals surface area contributed by atoms with Crippen molar-refractivity contribution in [1.82, 2.24) is 14.9 Å². The van der Waals surface area contributed by atoms with E-state index in [0.717, 1.165) is 18.4 Å². The summed E-state index contributed by atoms with van der Waals surface area (Å²) in [7, 11) is 0. The fourth-order valence-electron chi connectivity index (χ4n) is 1.54. The fraction of sp³-hybridized carbons (Fsp3) is 0.273. The van der Waals surface area contributed by atoms with Crippen molar-refractivity contribution in [3.63, 3.8) is 0 Å². The largest absolute Gasteiger partial charge is 0.348 e. The number of carbonyl (C=O) groups is 1. The van der Waals surface area contributed by atoms with Crippen LogP contribution in [0.25, 0.3) is 5.52 Å². The Kier molecular flexibility index (Phi) is 1.74. The van der Waals surface area contributed by atoms with Crippen molar-refractivity contribution in [2.45, 2.75) is 18.9 Å². The third-order valence-corrected chi connectivity index (χ3v) is 2.52. The summed E-state index contributed by atoms with van der Waals surface area (Å²) in [4.78, 5) is 11.7. The molecule has 2 aromatic heterocycles. The summed E-state index contributed by atoms with van der Waals surface area (Å²) in [6, 6.07) is 7.93. The summed E-state index contributed by atoms with van der Waals surface area (Å²) >= 11 is 0. The predicted molar refractivity (Wildman–Crippen MR) is 55.7 cm³/mol. The Balaban J connectivity index is 1.92. The molecule has 15 heavy (non-hydrogen) atoms. The van der Waals surface area contributed by atoms with E-state index in [1.54, 1.807) is 10.6 Å². The number of fused-ring (bicyclic) bond motifs is 1. The van der Waals surface area contributed by atoms with Crippen molar-refractivity contribution in [1.29, 1.82) is 0 Å². The molecule has 0 aromatic carbocycles. The quantitative estimate of drug-likeness (QED) is 0.794. The van der Waals surface area contributed by atoms with E-state index in [-0.39, 0.29) is 5.91 Å². The minimum Gasteiger partial charge on any atom is -0.348 e. The predicted octanol–water partition coefficient (Wildman–Crippen LogP) is 1.23. The van der Waals surface area contributed by atoms with Crippen LogP contribution < -0.4 is 5.32 Å². The van der Waals surface area contributed by atoms with E-state index in [4.69, 9.17) is 0 Å². The second kappa shape index (κ2) is 3.08. The topological polar surface area (TPSA) is 46.4 Å². The van der Waals surface area contributed by atoms with Crippen molar-refractivity contribution in [2.24, 2.45) is 0 Å². The molecule has 2 aromatic rings. The third kappa shape index (κ3) is 1.58. The first-order chi connectivity index (χ1) is 7.33. The Morgan fingerprint density at radius 2 is 2.33 bits per heavy atom. The number of aromatic nitrogens is 2. The van der Waals surface area contributed by atoms with E-state index < -0.39 is 0 Å². The van der Waals surface area contributed by atoms with Crippen LogP contribution in [0.15, 0.2) is 30.5 Å². The van der Waals surface area contributed by atoms with Crippen molar-refractivity contribution >= 4 is 11.4 Å². The Bertz CT molecular complexity index is 480. The molecule has 0 saturated heterocycles. The number of hydrogen-bond acceptors (Lipinski definition) is 2. The van der Waals surface area contributed by atoms with Crippen LogP contribution in [0, 0.1) is 0 Å². The second-order valence-corrected chi connectivity index (χ2v) is 3.85. The lowest BCUT2D eigenvalue weighted by Gasteiger charge is -1.97. The van der Waals surface area contributed by atoms with E-state index in [9.17, 15) is 4.79 Å². The first-order valence-corrected chi connectivity index (χ1v) is 5.08. The molecule has 1 aliphatic rings. The van der Waals surface area contributed by atoms with Gasteiger partial charge >= 0.3 is 0 Å². The van der Waals surface area contributed by atoms with E-state index in [1.807, 2.05) is 24.4 Å². The maximum absolute atomic E-state index is 11.7. The molecular weight excluding hydrogens is 190 g/mol. The van der Waals surface area contributed by atoms with Gasteiger partial charge in [0.2, 0.25) is 0 Å². The number of amides is 1. The summed E-state index contributed by atoms with van der Waals surface area (Å²) in [6.07, 6.45) is 4.03. The van der Waals surface area contributed by atoms with E-state index in [0.29, 0.717) is 11.7 Å². The van der Waals surface area contributed by atoms with E-state index >= 15 is 0 Å². The Hall–Kier alpha value is -1.84. The first-order valence-electron chi connectivity index (χ1n) is 5.08. The molecule has 1 aliphatic carbocycles. The molecule has 0 bridgehead atoms. The molecule has 0 radical (unpaired) electrons. The van der Waals surface area contributed by atoms with E-state index in [2.05, 4.69) is 10.4 Å². The zero-order chi connectivity index (χ0) is 10.3. The SMILES string of the molecule is O=C(NC1CC1)c1cc2ccccn2n1. The van der Waals surface area contributed by atoms with Gasteiger partial charge in [-0.3, -0.25) is 4.79 Å². The van der Waals surface area contributed by atoms with Gasteiger partial charge in [-0.2, -0.15) is 5.10 Å². The van der Waals surface area contributed by atoms with Crippen molar-refractivity contribution in [3.05, 3.63) is 36.2 Å². The van der Waals surface area contributed by atoms with Crippen molar-refractivity contribution < 1.29 is 4.79 Å². The fourth-order valence-corrected chi connectivity index (χ4v) is 1.54. The molecule has 0 spiro atoms. The lowest BCUT2D eigenvalue weighted by atomic mass is 10.3. The Labute approximate surface area is 86.9 Å². The number of pyridine rings is 1. The highest BCUT2D eigenvalue weighted by molar-refractivity contribution is 5.93. The number of hydrogen-bond donors (Lipinski definition) is 1. The molecule has 1 N–H and O–H groups in total. The zero-order valence-electron chi connectivity index (χ0n) is 8.18. The molecule has 1 amide bonds. The number of nitrogens with zero attached hydrogens (tertiary/aromatic N) is 2. The minimum atomic E-state index is -0.0683. The summed E-state index contributed by atoms with van der Waals surface area (Å²) in [5, 5.41) is 7.11. The van der Waals surface area contributed by atoms with Crippen molar-refractivity contribution in [2.75, 3.05) is 0 Å². The Morgan fingerprint density at radius 3 is 3.07 bits per heavy atom. The lowest BCUT2D eigenvalue weighted by molar-refractivity contribution is 0.0946. The van der Waals surface area contributed by atoms with Gasteiger partial charge in [-0.25, -0.2) is 4.52 Å². The highest BCUT2D eigenvalue weighted by Crippen LogP contribution is 2.19. The molecule has 0 atom stereocenters. The third-order valence-electron chi connectivity index (χ3n) is 2.52. The van der Waals surface area contributed by atoms with Gasteiger partial charge in [0.15, 0.2) is 5.69 Å². The van der Waals surface area contributed by atoms with E-state index in [1.165, 1.54) is 0 Å². The van der Waals surface area contributed by atoms with Crippen LogP contribution in [0.1, 0.15) is 23.3 Å². The van der Waals surface area contributed by atoms with Crippen LogP contribution in [-0.2, 0) is 0 Å². The van der Waals surface area contributed by atoms with Crippen LogP contribution in [0.3, 0.4) is 0 Å². The van der Waals surface area contributed by atoms with Crippen LogP contribution in [0.5, 0.6) is 0 Å². The summed E-state index contributed by atoms with van der Waals surface area (Å²) in [6.45, 7) is 0. The molecule has 0 unspecified atom stereocenters. The highest BCUT2D eigenvalue weighted by Gasteiger charge is 2.24. The van der Waals surface area contributed by atoms with Crippen LogP contribution in [0.4, 0.5) is 0 Å². The van der Waals surface area contributed by atoms with Gasteiger partial charge < -0.3 is 5.32 Å². The summed E-state index contributed by atoms with van der Waals surface area (Å²) < 4.78 is 1.71. The monoisotopic (exact) mass is 201 g/mol. The molecule has 4 heteroatoms. The summed E-state index contributed by atoms with van der Waals surface area (Å²) in [5.41, 5.74) is 1.44. The van der Waals surface area contributed by atoms with Gasteiger partial charge in [0.1, 0.15) is 0 Å². The molecule has 1 fully saturated rings. The molecular formula is C11H11N3O. The Morgan fingerprint density at radius 1 is 1.47 bits per heavy atom. The van der Waals surface area contributed by atoms with Crippen LogP contribution in [0.2, 0.25) is 0 Å². The highest BCUT2D eigenvalue weighted by atomic mass is 16.2. The number of rotatable bonds is 2. The van der Waals surface area contributed by atoms with Crippen LogP contribution >= 0.6 is 0 Å². The molecule has 2 heterocycles. The number of carbonyl (C=O) groups excluding carboxylic acids is 1. The normalized spacial score (nSPS) is 15.5. The molecule has 3 rings (SSSR count). The van der Waals surface area contributed by atoms with Gasteiger partial charge in [-0.15, -0.1) is 0 Å². The van der Waals surface area contributed by atoms with Gasteiger partial charge in [-0.05, 0) is 31.0 Å². The van der Waals surface area contributed by atoms with Gasteiger partial charge in [0.05, 0.1) is 5.52 Å². The lowest BCUT2D eigenvalue weighted by Crippen LogP contribution is -2.25. The molecule has 76 valence electrons. The first kappa shape index (κ1) is 8.47. The minimum absolute atomic E-state index is 0.0683. The van der Waals surface area contributed by atoms with Crippen molar-refractivity contribution in [3.8, 4) is 0 Å². The molecule has 4 nitrogen and oxygen atoms in total. The smallest absolute Gasteiger partial charge is 0.272 e. The maximum Gasteiger partial charge on any atom is 0.272 e. The zero-order valence-corrected chi connectivity index (χ0v) is 8.18. The second-order valence-electron chi connectivity index (χ2n) is 3.85. The van der Waals surface area contributed by atoms with Gasteiger partial charge in [0.25, 0.3) is 5.91 Å². The van der Waals surface area contributed by atoms with Gasteiger partial charge in [0, 0.05) is 12.2 Å². The summed E-state index contributed by atoms with van der Waals surface area (Å²) in [5.74, 6) is -0.0683.